The minimum Gasteiger partial charge on any atom is -0.399 e. The van der Waals surface area contributed by atoms with Crippen LogP contribution < -0.4 is 5.73 Å². The summed E-state index contributed by atoms with van der Waals surface area (Å²) in [5, 5.41) is 8.65. The van der Waals surface area contributed by atoms with Gasteiger partial charge in [0.15, 0.2) is 5.82 Å². The van der Waals surface area contributed by atoms with E-state index in [1.165, 1.54) is 0 Å². The highest BCUT2D eigenvalue weighted by Crippen LogP contribution is 2.24. The first-order valence-corrected chi connectivity index (χ1v) is 7.79. The zero-order valence-corrected chi connectivity index (χ0v) is 13.7. The molecule has 0 spiro atoms. The fraction of sp³-hybridized carbons (Fsp3) is 0.158. The van der Waals surface area contributed by atoms with Crippen molar-refractivity contribution in [2.75, 3.05) is 5.73 Å². The Morgan fingerprint density at radius 1 is 0.958 bits per heavy atom. The van der Waals surface area contributed by atoms with Crippen molar-refractivity contribution >= 4 is 11.5 Å². The Kier molecular flexibility index (Phi) is 4.61. The Labute approximate surface area is 141 Å². The number of nitrogen functional groups attached to an aromatic ring is 1. The molecule has 0 saturated carbocycles. The number of hydrogen-bond donors (Lipinski definition) is 1. The third kappa shape index (κ3) is 3.81. The molecule has 1 heterocycles. The van der Waals surface area contributed by atoms with Crippen LogP contribution in [-0.4, -0.2) is 9.97 Å². The number of azo groups is 1. The molecule has 0 fully saturated rings. The monoisotopic (exact) mass is 317 g/mol. The highest BCUT2D eigenvalue weighted by Gasteiger charge is 2.06. The predicted molar refractivity (Wildman–Crippen MR) is 96.0 cm³/mol. The molecule has 0 aliphatic carbocycles. The number of aryl methyl sites for hydroxylation is 1. The Hall–Kier alpha value is -3.08. The summed E-state index contributed by atoms with van der Waals surface area (Å²) in [5.41, 5.74) is 9.43. The quantitative estimate of drug-likeness (QED) is 0.550. The van der Waals surface area contributed by atoms with E-state index in [0.717, 1.165) is 22.5 Å². The first-order valence-electron chi connectivity index (χ1n) is 7.79. The standard InChI is InChI=1S/C19H19N5/c1-13(16-9-6-10-17(20)11-16)23-24-19-12-18(21-14(2)22-19)15-7-4-3-5-8-15/h3-13H,20H2,1-2H3. The van der Waals surface area contributed by atoms with Crippen LogP contribution in [-0.2, 0) is 0 Å². The van der Waals surface area contributed by atoms with Gasteiger partial charge in [-0.2, -0.15) is 5.11 Å². The van der Waals surface area contributed by atoms with Gasteiger partial charge in [0.2, 0.25) is 0 Å². The number of anilines is 1. The van der Waals surface area contributed by atoms with Crippen molar-refractivity contribution in [2.45, 2.75) is 19.9 Å². The summed E-state index contributed by atoms with van der Waals surface area (Å²) in [6.07, 6.45) is 0. The lowest BCUT2D eigenvalue weighted by Gasteiger charge is -2.06. The van der Waals surface area contributed by atoms with Crippen LogP contribution in [0.25, 0.3) is 11.3 Å². The van der Waals surface area contributed by atoms with Crippen molar-refractivity contribution in [3.05, 3.63) is 72.1 Å². The molecule has 2 aromatic carbocycles. The lowest BCUT2D eigenvalue weighted by Crippen LogP contribution is -1.93. The van der Waals surface area contributed by atoms with E-state index < -0.39 is 0 Å². The normalized spacial score (nSPS) is 12.4. The van der Waals surface area contributed by atoms with Crippen LogP contribution in [0.3, 0.4) is 0 Å². The summed E-state index contributed by atoms with van der Waals surface area (Å²) in [5.74, 6) is 1.22. The summed E-state index contributed by atoms with van der Waals surface area (Å²) in [7, 11) is 0. The Morgan fingerprint density at radius 2 is 1.75 bits per heavy atom. The van der Waals surface area contributed by atoms with E-state index in [0.29, 0.717) is 11.6 Å². The smallest absolute Gasteiger partial charge is 0.177 e. The second-order valence-electron chi connectivity index (χ2n) is 5.59. The third-order valence-corrected chi connectivity index (χ3v) is 3.62. The Bertz CT molecular complexity index is 859. The molecule has 1 atom stereocenters. The largest absolute Gasteiger partial charge is 0.399 e. The molecule has 0 aliphatic heterocycles. The van der Waals surface area contributed by atoms with Crippen LogP contribution in [0.4, 0.5) is 11.5 Å². The molecule has 120 valence electrons. The summed E-state index contributed by atoms with van der Waals surface area (Å²) in [6.45, 7) is 3.83. The highest BCUT2D eigenvalue weighted by molar-refractivity contribution is 5.61. The van der Waals surface area contributed by atoms with Gasteiger partial charge in [-0.1, -0.05) is 42.5 Å². The molecule has 2 N–H and O–H groups in total. The van der Waals surface area contributed by atoms with Crippen LogP contribution in [0.5, 0.6) is 0 Å². The van der Waals surface area contributed by atoms with Crippen molar-refractivity contribution in [1.82, 2.24) is 9.97 Å². The first-order chi connectivity index (χ1) is 11.6. The molecule has 1 unspecified atom stereocenters. The van der Waals surface area contributed by atoms with Crippen LogP contribution in [0.15, 0.2) is 70.9 Å². The number of aromatic nitrogens is 2. The molecule has 3 aromatic rings. The summed E-state index contributed by atoms with van der Waals surface area (Å²) < 4.78 is 0. The van der Waals surface area contributed by atoms with E-state index in [4.69, 9.17) is 5.73 Å². The molecule has 0 radical (unpaired) electrons. The summed E-state index contributed by atoms with van der Waals surface area (Å²) in [4.78, 5) is 8.82. The number of nitrogens with zero attached hydrogens (tertiary/aromatic N) is 4. The molecule has 1 aromatic heterocycles. The number of nitrogens with two attached hydrogens (primary N) is 1. The van der Waals surface area contributed by atoms with Crippen molar-refractivity contribution in [3.63, 3.8) is 0 Å². The van der Waals surface area contributed by atoms with Gasteiger partial charge in [0, 0.05) is 17.3 Å². The van der Waals surface area contributed by atoms with Crippen molar-refractivity contribution < 1.29 is 0 Å². The zero-order chi connectivity index (χ0) is 16.9. The van der Waals surface area contributed by atoms with Gasteiger partial charge < -0.3 is 5.73 Å². The van der Waals surface area contributed by atoms with Crippen LogP contribution >= 0.6 is 0 Å². The van der Waals surface area contributed by atoms with Gasteiger partial charge in [-0.05, 0) is 31.5 Å². The zero-order valence-electron chi connectivity index (χ0n) is 13.7. The summed E-state index contributed by atoms with van der Waals surface area (Å²) in [6, 6.07) is 19.4. The van der Waals surface area contributed by atoms with Gasteiger partial charge >= 0.3 is 0 Å². The van der Waals surface area contributed by atoms with E-state index in [1.807, 2.05) is 74.5 Å². The molecule has 24 heavy (non-hydrogen) atoms. The van der Waals surface area contributed by atoms with Gasteiger partial charge in [-0.25, -0.2) is 9.97 Å². The Balaban J connectivity index is 1.86. The molecule has 0 bridgehead atoms. The summed E-state index contributed by atoms with van der Waals surface area (Å²) >= 11 is 0. The first kappa shape index (κ1) is 15.8. The van der Waals surface area contributed by atoms with Gasteiger partial charge in [0.25, 0.3) is 0 Å². The SMILES string of the molecule is Cc1nc(N=NC(C)c2cccc(N)c2)cc(-c2ccccc2)n1. The Morgan fingerprint density at radius 3 is 2.50 bits per heavy atom. The second-order valence-corrected chi connectivity index (χ2v) is 5.59. The van der Waals surface area contributed by atoms with E-state index in [1.54, 1.807) is 0 Å². The molecule has 3 rings (SSSR count). The van der Waals surface area contributed by atoms with E-state index in [-0.39, 0.29) is 6.04 Å². The topological polar surface area (TPSA) is 76.5 Å². The van der Waals surface area contributed by atoms with Crippen LogP contribution in [0.2, 0.25) is 0 Å². The van der Waals surface area contributed by atoms with Crippen molar-refractivity contribution in [1.29, 1.82) is 0 Å². The predicted octanol–water partition coefficient (Wildman–Crippen LogP) is 4.88. The molecule has 5 nitrogen and oxygen atoms in total. The lowest BCUT2D eigenvalue weighted by molar-refractivity contribution is 0.759. The van der Waals surface area contributed by atoms with Crippen molar-refractivity contribution in [2.24, 2.45) is 10.2 Å². The highest BCUT2D eigenvalue weighted by atomic mass is 15.2. The maximum absolute atomic E-state index is 5.81. The van der Waals surface area contributed by atoms with E-state index in [2.05, 4.69) is 20.2 Å². The maximum Gasteiger partial charge on any atom is 0.177 e. The number of hydrogen-bond acceptors (Lipinski definition) is 5. The lowest BCUT2D eigenvalue weighted by atomic mass is 10.1. The number of rotatable bonds is 4. The molecular formula is C19H19N5. The minimum atomic E-state index is -0.0936. The van der Waals surface area contributed by atoms with Gasteiger partial charge in [0.05, 0.1) is 11.7 Å². The minimum absolute atomic E-state index is 0.0936. The molecule has 0 aliphatic rings. The molecule has 0 saturated heterocycles. The van der Waals surface area contributed by atoms with E-state index in [9.17, 15) is 0 Å². The van der Waals surface area contributed by atoms with Crippen LogP contribution in [0, 0.1) is 6.92 Å². The van der Waals surface area contributed by atoms with Gasteiger partial charge in [-0.3, -0.25) is 0 Å². The molecule has 5 heteroatoms. The van der Waals surface area contributed by atoms with Crippen molar-refractivity contribution in [3.8, 4) is 11.3 Å². The van der Waals surface area contributed by atoms with Gasteiger partial charge in [-0.15, -0.1) is 5.11 Å². The number of benzene rings is 2. The van der Waals surface area contributed by atoms with Crippen LogP contribution in [0.1, 0.15) is 24.4 Å². The maximum atomic E-state index is 5.81. The average Bonchev–Trinajstić information content (AvgIpc) is 2.60. The molecular weight excluding hydrogens is 298 g/mol. The molecule has 0 amide bonds. The van der Waals surface area contributed by atoms with E-state index >= 15 is 0 Å². The fourth-order valence-electron chi connectivity index (χ4n) is 2.39. The third-order valence-electron chi connectivity index (χ3n) is 3.62. The second kappa shape index (κ2) is 7.00. The van der Waals surface area contributed by atoms with Gasteiger partial charge in [0.1, 0.15) is 5.82 Å². The fourth-order valence-corrected chi connectivity index (χ4v) is 2.39. The average molecular weight is 317 g/mol.